The molecule has 0 spiro atoms. The fourth-order valence-corrected chi connectivity index (χ4v) is 4.16. The molecule has 0 aliphatic carbocycles. The summed E-state index contributed by atoms with van der Waals surface area (Å²) >= 11 is 0. The number of rotatable bonds is 2. The van der Waals surface area contributed by atoms with E-state index in [0.717, 1.165) is 25.2 Å². The molecule has 6 heteroatoms. The molecule has 2 aliphatic rings. The number of benzene rings is 2. The topological polar surface area (TPSA) is 37.3 Å². The second-order valence-electron chi connectivity index (χ2n) is 6.99. The zero-order chi connectivity index (χ0) is 17.8. The highest BCUT2D eigenvalue weighted by molar-refractivity contribution is 5.84. The molecule has 1 N–H and O–H groups in total. The van der Waals surface area contributed by atoms with Crippen LogP contribution < -0.4 is 15.6 Å². The van der Waals surface area contributed by atoms with Crippen molar-refractivity contribution in [2.75, 3.05) is 18.0 Å². The molecule has 132 valence electrons. The van der Waals surface area contributed by atoms with Crippen molar-refractivity contribution in [3.63, 3.8) is 0 Å². The maximum absolute atomic E-state index is 14.8. The molecule has 2 bridgehead atoms. The van der Waals surface area contributed by atoms with Gasteiger partial charge in [-0.3, -0.25) is 4.79 Å². The summed E-state index contributed by atoms with van der Waals surface area (Å²) in [6, 6.07) is 11.2. The van der Waals surface area contributed by atoms with Crippen LogP contribution in [0.3, 0.4) is 0 Å². The van der Waals surface area contributed by atoms with Crippen molar-refractivity contribution >= 4 is 16.6 Å². The molecular weight excluding hydrogens is 336 g/mol. The fraction of sp³-hybridized carbons (Fsp3) is 0.250. The number of piperazine rings is 1. The lowest BCUT2D eigenvalue weighted by molar-refractivity contribution is 0.561. The summed E-state index contributed by atoms with van der Waals surface area (Å²) in [6.07, 6.45) is 2.66. The van der Waals surface area contributed by atoms with Gasteiger partial charge in [-0.15, -0.1) is 0 Å². The molecule has 2 aromatic carbocycles. The highest BCUT2D eigenvalue weighted by Gasteiger charge is 2.38. The number of nitrogens with one attached hydrogen (secondary N) is 1. The quantitative estimate of drug-likeness (QED) is 0.770. The number of pyridine rings is 1. The molecule has 2 saturated heterocycles. The summed E-state index contributed by atoms with van der Waals surface area (Å²) in [4.78, 5) is 14.4. The molecule has 0 radical (unpaired) electrons. The van der Waals surface area contributed by atoms with Crippen molar-refractivity contribution in [3.05, 3.63) is 70.5 Å². The first-order valence-corrected chi connectivity index (χ1v) is 8.71. The molecule has 0 amide bonds. The zero-order valence-electron chi connectivity index (χ0n) is 14.0. The Hall–Kier alpha value is -2.73. The van der Waals surface area contributed by atoms with Crippen LogP contribution in [-0.4, -0.2) is 29.7 Å². The van der Waals surface area contributed by atoms with Crippen molar-refractivity contribution in [2.45, 2.75) is 18.5 Å². The van der Waals surface area contributed by atoms with Crippen molar-refractivity contribution in [1.29, 1.82) is 0 Å². The first-order valence-electron chi connectivity index (χ1n) is 8.71. The Bertz CT molecular complexity index is 1060. The summed E-state index contributed by atoms with van der Waals surface area (Å²) in [5.41, 5.74) is 1.64. The Kier molecular flexibility index (Phi) is 3.37. The average molecular weight is 353 g/mol. The van der Waals surface area contributed by atoms with Gasteiger partial charge in [0.05, 0.1) is 11.2 Å². The van der Waals surface area contributed by atoms with Gasteiger partial charge < -0.3 is 14.8 Å². The molecule has 2 fully saturated rings. The van der Waals surface area contributed by atoms with E-state index in [4.69, 9.17) is 0 Å². The Morgan fingerprint density at radius 3 is 2.58 bits per heavy atom. The fourth-order valence-electron chi connectivity index (χ4n) is 4.16. The molecule has 4 nitrogen and oxygen atoms in total. The van der Waals surface area contributed by atoms with Crippen LogP contribution in [0.4, 0.5) is 14.5 Å². The number of hydrogen-bond acceptors (Lipinski definition) is 3. The Balaban J connectivity index is 1.71. The monoisotopic (exact) mass is 353 g/mol. The van der Waals surface area contributed by atoms with Gasteiger partial charge in [0.1, 0.15) is 11.6 Å². The Morgan fingerprint density at radius 2 is 1.88 bits per heavy atom. The van der Waals surface area contributed by atoms with Gasteiger partial charge in [0.2, 0.25) is 0 Å². The van der Waals surface area contributed by atoms with Crippen LogP contribution in [0, 0.1) is 11.6 Å². The standard InChI is InChI=1S/C20H17F2N3O/c21-12-1-3-14(4-2-12)24-6-5-20(26)16-8-17(22)19(9-18(16)24)25-11-13-7-15(25)10-23-13/h1-6,8-9,13,15,23H,7,10-11H2. The third kappa shape index (κ3) is 2.33. The number of aromatic nitrogens is 1. The summed E-state index contributed by atoms with van der Waals surface area (Å²) in [5.74, 6) is -0.703. The van der Waals surface area contributed by atoms with E-state index in [-0.39, 0.29) is 23.1 Å². The first kappa shape index (κ1) is 15.5. The molecule has 1 aromatic heterocycles. The third-order valence-electron chi connectivity index (χ3n) is 5.44. The maximum atomic E-state index is 14.8. The number of fused-ring (bicyclic) bond motifs is 3. The molecular formula is C20H17F2N3O. The minimum atomic E-state index is -0.376. The number of halogens is 2. The van der Waals surface area contributed by atoms with Crippen LogP contribution in [0.2, 0.25) is 0 Å². The minimum absolute atomic E-state index is 0.228. The lowest BCUT2D eigenvalue weighted by Crippen LogP contribution is -2.44. The lowest BCUT2D eigenvalue weighted by atomic mass is 10.1. The first-order chi connectivity index (χ1) is 12.6. The predicted molar refractivity (Wildman–Crippen MR) is 97.0 cm³/mol. The van der Waals surface area contributed by atoms with Crippen molar-refractivity contribution in [2.24, 2.45) is 0 Å². The van der Waals surface area contributed by atoms with Crippen LogP contribution >= 0.6 is 0 Å². The van der Waals surface area contributed by atoms with Gasteiger partial charge in [-0.05, 0) is 42.8 Å². The van der Waals surface area contributed by atoms with Gasteiger partial charge >= 0.3 is 0 Å². The van der Waals surface area contributed by atoms with E-state index in [1.807, 2.05) is 0 Å². The van der Waals surface area contributed by atoms with E-state index in [0.29, 0.717) is 22.6 Å². The van der Waals surface area contributed by atoms with Gasteiger partial charge in [0.25, 0.3) is 0 Å². The molecule has 2 unspecified atom stereocenters. The van der Waals surface area contributed by atoms with Crippen LogP contribution in [0.25, 0.3) is 16.6 Å². The third-order valence-corrected chi connectivity index (χ3v) is 5.44. The van der Waals surface area contributed by atoms with Gasteiger partial charge in [-0.2, -0.15) is 0 Å². The molecule has 5 rings (SSSR count). The highest BCUT2D eigenvalue weighted by Crippen LogP contribution is 2.33. The average Bonchev–Trinajstić information content (AvgIpc) is 3.26. The van der Waals surface area contributed by atoms with Crippen molar-refractivity contribution in [3.8, 4) is 5.69 Å². The van der Waals surface area contributed by atoms with Crippen molar-refractivity contribution in [1.82, 2.24) is 9.88 Å². The molecule has 2 aliphatic heterocycles. The second-order valence-corrected chi connectivity index (χ2v) is 6.99. The van der Waals surface area contributed by atoms with Crippen LogP contribution in [0.15, 0.2) is 53.5 Å². The molecule has 0 saturated carbocycles. The van der Waals surface area contributed by atoms with Gasteiger partial charge in [0, 0.05) is 48.5 Å². The summed E-state index contributed by atoms with van der Waals surface area (Å²) in [7, 11) is 0. The van der Waals surface area contributed by atoms with Crippen LogP contribution in [0.1, 0.15) is 6.42 Å². The second kappa shape index (κ2) is 5.64. The Labute approximate surface area is 148 Å². The van der Waals surface area contributed by atoms with E-state index < -0.39 is 0 Å². The Morgan fingerprint density at radius 1 is 1.08 bits per heavy atom. The van der Waals surface area contributed by atoms with Crippen molar-refractivity contribution < 1.29 is 8.78 Å². The van der Waals surface area contributed by atoms with E-state index in [9.17, 15) is 13.6 Å². The highest BCUT2D eigenvalue weighted by atomic mass is 19.1. The largest absolute Gasteiger partial charge is 0.363 e. The smallest absolute Gasteiger partial charge is 0.189 e. The molecule has 3 heterocycles. The SMILES string of the molecule is O=c1ccn(-c2ccc(F)cc2)c2cc(N3CC4CC3CN4)c(F)cc12. The molecule has 3 aromatic rings. The van der Waals surface area contributed by atoms with E-state index in [1.54, 1.807) is 29.0 Å². The number of hydrogen-bond donors (Lipinski definition) is 1. The van der Waals surface area contributed by atoms with E-state index >= 15 is 0 Å². The summed E-state index contributed by atoms with van der Waals surface area (Å²) < 4.78 is 29.9. The number of nitrogens with zero attached hydrogens (tertiary/aromatic N) is 2. The van der Waals surface area contributed by atoms with Gasteiger partial charge in [-0.25, -0.2) is 8.78 Å². The van der Waals surface area contributed by atoms with Gasteiger partial charge in [0.15, 0.2) is 5.43 Å². The minimum Gasteiger partial charge on any atom is -0.363 e. The normalized spacial score (nSPS) is 21.7. The molecule has 2 atom stereocenters. The van der Waals surface area contributed by atoms with E-state index in [2.05, 4.69) is 10.2 Å². The zero-order valence-corrected chi connectivity index (χ0v) is 14.0. The molecule has 26 heavy (non-hydrogen) atoms. The predicted octanol–water partition coefficient (Wildman–Crippen LogP) is 2.82. The van der Waals surface area contributed by atoms with Gasteiger partial charge in [-0.1, -0.05) is 0 Å². The van der Waals surface area contributed by atoms with E-state index in [1.165, 1.54) is 24.3 Å². The van der Waals surface area contributed by atoms with Crippen LogP contribution in [-0.2, 0) is 0 Å². The summed E-state index contributed by atoms with van der Waals surface area (Å²) in [6.45, 7) is 1.61. The summed E-state index contributed by atoms with van der Waals surface area (Å²) in [5, 5.41) is 3.73. The maximum Gasteiger partial charge on any atom is 0.189 e. The number of anilines is 1. The lowest BCUT2D eigenvalue weighted by Gasteiger charge is -2.30. The van der Waals surface area contributed by atoms with Crippen LogP contribution in [0.5, 0.6) is 0 Å².